The molecule has 0 N–H and O–H groups in total. The van der Waals surface area contributed by atoms with Gasteiger partial charge in [0.1, 0.15) is 5.75 Å². The van der Waals surface area contributed by atoms with Crippen molar-refractivity contribution < 1.29 is 18.7 Å². The minimum atomic E-state index is -0.128. The molecule has 0 radical (unpaired) electrons. The van der Waals surface area contributed by atoms with Gasteiger partial charge in [-0.2, -0.15) is 4.98 Å². The molecular weight excluding hydrogens is 344 g/mol. The van der Waals surface area contributed by atoms with Crippen molar-refractivity contribution >= 4 is 0 Å². The lowest BCUT2D eigenvalue weighted by Gasteiger charge is -2.30. The zero-order chi connectivity index (χ0) is 20.2. The second-order valence-corrected chi connectivity index (χ2v) is 8.70. The summed E-state index contributed by atoms with van der Waals surface area (Å²) in [7, 11) is 1.65. The summed E-state index contributed by atoms with van der Waals surface area (Å²) in [6.07, 6.45) is 0. The lowest BCUT2D eigenvalue weighted by molar-refractivity contribution is -0.00991. The smallest absolute Gasteiger partial charge is 0.223 e. The monoisotopic (exact) mass is 376 g/mol. The molecule has 1 aromatic heterocycles. The summed E-state index contributed by atoms with van der Waals surface area (Å²) in [6.45, 7) is 16.0. The van der Waals surface area contributed by atoms with Crippen LogP contribution in [0.3, 0.4) is 0 Å². The third kappa shape index (κ3) is 5.53. The first kappa shape index (κ1) is 21.4. The van der Waals surface area contributed by atoms with Gasteiger partial charge in [0.05, 0.1) is 13.2 Å². The van der Waals surface area contributed by atoms with Crippen molar-refractivity contribution in [2.75, 3.05) is 27.1 Å². The fraction of sp³-hybridized carbons (Fsp3) is 0.619. The first-order chi connectivity index (χ1) is 12.5. The summed E-state index contributed by atoms with van der Waals surface area (Å²) in [6, 6.07) is 4.17. The third-order valence-corrected chi connectivity index (χ3v) is 4.21. The summed E-state index contributed by atoms with van der Waals surface area (Å²) in [5.74, 6) is 1.99. The highest BCUT2D eigenvalue weighted by molar-refractivity contribution is 5.64. The number of aryl methyl sites for hydroxylation is 1. The van der Waals surface area contributed by atoms with E-state index in [1.807, 2.05) is 0 Å². The van der Waals surface area contributed by atoms with Crippen LogP contribution < -0.4 is 4.74 Å². The standard InChI is InChI=1S/C21H32N2O4/c1-14-22-19(23-27-14)15-11-16(20(2,3)4)18(17(12-15)21(5,6)7)26-13-25-10-9-24-8/h11-12H,9-10,13H2,1-8H3. The maximum absolute atomic E-state index is 6.12. The SMILES string of the molecule is COCCOCOc1c(C(C)(C)C)cc(-c2noc(C)n2)cc1C(C)(C)C. The van der Waals surface area contributed by atoms with Crippen LogP contribution >= 0.6 is 0 Å². The molecule has 0 bridgehead atoms. The highest BCUT2D eigenvalue weighted by Gasteiger charge is 2.29. The zero-order valence-electron chi connectivity index (χ0n) is 17.8. The van der Waals surface area contributed by atoms with Crippen molar-refractivity contribution in [2.45, 2.75) is 59.3 Å². The van der Waals surface area contributed by atoms with Gasteiger partial charge in [0, 0.05) is 30.7 Å². The number of hydrogen-bond acceptors (Lipinski definition) is 6. The van der Waals surface area contributed by atoms with E-state index in [0.717, 1.165) is 22.4 Å². The van der Waals surface area contributed by atoms with Crippen LogP contribution in [0.4, 0.5) is 0 Å². The van der Waals surface area contributed by atoms with Crippen molar-refractivity contribution in [3.63, 3.8) is 0 Å². The van der Waals surface area contributed by atoms with Crippen molar-refractivity contribution in [2.24, 2.45) is 0 Å². The summed E-state index contributed by atoms with van der Waals surface area (Å²) < 4.78 is 21.9. The van der Waals surface area contributed by atoms with Gasteiger partial charge in [-0.25, -0.2) is 0 Å². The van der Waals surface area contributed by atoms with Crippen LogP contribution in [0.1, 0.15) is 58.6 Å². The van der Waals surface area contributed by atoms with Gasteiger partial charge in [0.2, 0.25) is 11.7 Å². The number of ether oxygens (including phenoxy) is 3. The number of rotatable bonds is 7. The Kier molecular flexibility index (Phi) is 6.65. The molecule has 0 unspecified atom stereocenters. The summed E-state index contributed by atoms with van der Waals surface area (Å²) >= 11 is 0. The Morgan fingerprint density at radius 3 is 2.00 bits per heavy atom. The molecule has 1 heterocycles. The van der Waals surface area contributed by atoms with Crippen molar-refractivity contribution in [1.82, 2.24) is 10.1 Å². The Balaban J connectivity index is 2.51. The molecule has 27 heavy (non-hydrogen) atoms. The second-order valence-electron chi connectivity index (χ2n) is 8.70. The highest BCUT2D eigenvalue weighted by Crippen LogP contribution is 2.42. The van der Waals surface area contributed by atoms with E-state index < -0.39 is 0 Å². The molecule has 6 heteroatoms. The minimum absolute atomic E-state index is 0.128. The van der Waals surface area contributed by atoms with Crippen LogP contribution in [-0.2, 0) is 20.3 Å². The zero-order valence-corrected chi connectivity index (χ0v) is 17.8. The largest absolute Gasteiger partial charge is 0.467 e. The second kappa shape index (κ2) is 8.40. The van der Waals surface area contributed by atoms with Crippen LogP contribution in [0.2, 0.25) is 0 Å². The first-order valence-electron chi connectivity index (χ1n) is 9.23. The quantitative estimate of drug-likeness (QED) is 0.518. The van der Waals surface area contributed by atoms with E-state index in [9.17, 15) is 0 Å². The molecule has 150 valence electrons. The Morgan fingerprint density at radius 1 is 0.963 bits per heavy atom. The molecule has 0 amide bonds. The van der Waals surface area contributed by atoms with E-state index in [2.05, 4.69) is 63.8 Å². The van der Waals surface area contributed by atoms with Crippen LogP contribution in [0.25, 0.3) is 11.4 Å². The van der Waals surface area contributed by atoms with Crippen molar-refractivity contribution in [1.29, 1.82) is 0 Å². The van der Waals surface area contributed by atoms with E-state index in [-0.39, 0.29) is 17.6 Å². The predicted molar refractivity (Wildman–Crippen MR) is 105 cm³/mol. The van der Waals surface area contributed by atoms with Gasteiger partial charge in [-0.1, -0.05) is 46.7 Å². The molecule has 0 fully saturated rings. The maximum atomic E-state index is 6.12. The van der Waals surface area contributed by atoms with E-state index in [0.29, 0.717) is 24.9 Å². The van der Waals surface area contributed by atoms with Gasteiger partial charge in [-0.05, 0) is 23.0 Å². The molecule has 1 aromatic carbocycles. The maximum Gasteiger partial charge on any atom is 0.223 e. The van der Waals surface area contributed by atoms with Crippen LogP contribution in [0, 0.1) is 6.92 Å². The normalized spacial score (nSPS) is 12.4. The highest BCUT2D eigenvalue weighted by atomic mass is 16.7. The number of aromatic nitrogens is 2. The third-order valence-electron chi connectivity index (χ3n) is 4.21. The molecule has 2 aromatic rings. The van der Waals surface area contributed by atoms with Gasteiger partial charge < -0.3 is 18.7 Å². The lowest BCUT2D eigenvalue weighted by Crippen LogP contribution is -2.21. The van der Waals surface area contributed by atoms with Crippen molar-refractivity contribution in [3.8, 4) is 17.1 Å². The van der Waals surface area contributed by atoms with E-state index >= 15 is 0 Å². The van der Waals surface area contributed by atoms with E-state index in [4.69, 9.17) is 18.7 Å². The first-order valence-corrected chi connectivity index (χ1v) is 9.23. The minimum Gasteiger partial charge on any atom is -0.467 e. The van der Waals surface area contributed by atoms with E-state index in [1.54, 1.807) is 14.0 Å². The number of methoxy groups -OCH3 is 1. The molecule has 0 atom stereocenters. The summed E-state index contributed by atoms with van der Waals surface area (Å²) in [5, 5.41) is 4.09. The van der Waals surface area contributed by atoms with Gasteiger partial charge >= 0.3 is 0 Å². The van der Waals surface area contributed by atoms with Gasteiger partial charge in [-0.15, -0.1) is 0 Å². The average molecular weight is 376 g/mol. The summed E-state index contributed by atoms with van der Waals surface area (Å²) in [4.78, 5) is 4.40. The molecule has 0 aliphatic heterocycles. The number of benzene rings is 1. The topological polar surface area (TPSA) is 66.6 Å². The van der Waals surface area contributed by atoms with E-state index in [1.165, 1.54) is 0 Å². The molecule has 0 saturated heterocycles. The fourth-order valence-corrected chi connectivity index (χ4v) is 2.75. The molecule has 0 aliphatic rings. The van der Waals surface area contributed by atoms with Gasteiger partial charge in [0.25, 0.3) is 0 Å². The summed E-state index contributed by atoms with van der Waals surface area (Å²) in [5.41, 5.74) is 2.84. The predicted octanol–water partition coefficient (Wildman–Crippen LogP) is 4.64. The molecular formula is C21H32N2O4. The van der Waals surface area contributed by atoms with Crippen molar-refractivity contribution in [3.05, 3.63) is 29.2 Å². The number of nitrogens with zero attached hydrogens (tertiary/aromatic N) is 2. The van der Waals surface area contributed by atoms with Gasteiger partial charge in [0.15, 0.2) is 6.79 Å². The molecule has 2 rings (SSSR count). The Labute approximate surface area is 162 Å². The van der Waals surface area contributed by atoms with Crippen LogP contribution in [0.15, 0.2) is 16.7 Å². The Morgan fingerprint density at radius 2 is 1.56 bits per heavy atom. The number of hydrogen-bond donors (Lipinski definition) is 0. The molecule has 6 nitrogen and oxygen atoms in total. The van der Waals surface area contributed by atoms with Crippen LogP contribution in [0.5, 0.6) is 5.75 Å². The molecule has 0 saturated carbocycles. The van der Waals surface area contributed by atoms with Crippen LogP contribution in [-0.4, -0.2) is 37.3 Å². The molecule has 0 spiro atoms. The average Bonchev–Trinajstić information content (AvgIpc) is 2.99. The van der Waals surface area contributed by atoms with Gasteiger partial charge in [-0.3, -0.25) is 0 Å². The molecule has 0 aliphatic carbocycles. The fourth-order valence-electron chi connectivity index (χ4n) is 2.75. The Hall–Kier alpha value is -1.92. The lowest BCUT2D eigenvalue weighted by atomic mass is 9.78. The Bertz CT molecular complexity index is 719.